The number of hydrogen-bond acceptors (Lipinski definition) is 3. The molecule has 0 amide bonds. The van der Waals surface area contributed by atoms with E-state index < -0.39 is 0 Å². The molecule has 0 fully saturated rings. The van der Waals surface area contributed by atoms with Crippen molar-refractivity contribution >= 4 is 16.9 Å². The first-order chi connectivity index (χ1) is 9.40. The normalized spacial score (nSPS) is 22.2. The summed E-state index contributed by atoms with van der Waals surface area (Å²) in [5, 5.41) is 2.12. The molecule has 0 bridgehead atoms. The van der Waals surface area contributed by atoms with Crippen LogP contribution < -0.4 is 5.73 Å². The van der Waals surface area contributed by atoms with Crippen molar-refractivity contribution in [3.63, 3.8) is 0 Å². The lowest BCUT2D eigenvalue weighted by Crippen LogP contribution is -2.19. The quantitative estimate of drug-likeness (QED) is 0.770. The SMILES string of the molecule is CC.NCC1OC2=C(CC=CC/C=C\2)c2sccc21. The summed E-state index contributed by atoms with van der Waals surface area (Å²) < 4.78 is 6.00. The van der Waals surface area contributed by atoms with Crippen LogP contribution in [-0.4, -0.2) is 6.54 Å². The third kappa shape index (κ3) is 2.82. The first-order valence-electron chi connectivity index (χ1n) is 6.89. The van der Waals surface area contributed by atoms with Gasteiger partial charge < -0.3 is 10.5 Å². The molecule has 2 heterocycles. The fourth-order valence-corrected chi connectivity index (χ4v) is 3.29. The first kappa shape index (κ1) is 14.1. The molecule has 1 unspecified atom stereocenters. The summed E-state index contributed by atoms with van der Waals surface area (Å²) in [5.74, 6) is 1.000. The van der Waals surface area contributed by atoms with E-state index in [1.54, 1.807) is 11.3 Å². The van der Waals surface area contributed by atoms with Crippen LogP contribution in [0, 0.1) is 0 Å². The van der Waals surface area contributed by atoms with Crippen LogP contribution in [0.15, 0.2) is 41.5 Å². The Morgan fingerprint density at radius 3 is 2.95 bits per heavy atom. The molecule has 2 nitrogen and oxygen atoms in total. The molecule has 0 aromatic carbocycles. The molecule has 19 heavy (non-hydrogen) atoms. The molecule has 0 spiro atoms. The third-order valence-electron chi connectivity index (χ3n) is 3.13. The second-order valence-electron chi connectivity index (χ2n) is 4.20. The summed E-state index contributed by atoms with van der Waals surface area (Å²) in [6, 6.07) is 2.13. The molecule has 0 radical (unpaired) electrons. The van der Waals surface area contributed by atoms with E-state index in [1.807, 2.05) is 13.8 Å². The van der Waals surface area contributed by atoms with Crippen LogP contribution in [0.4, 0.5) is 0 Å². The molecule has 1 atom stereocenters. The zero-order valence-corrected chi connectivity index (χ0v) is 12.4. The number of rotatable bonds is 1. The number of fused-ring (bicyclic) bond motifs is 2. The van der Waals surface area contributed by atoms with Crippen molar-refractivity contribution in [1.82, 2.24) is 0 Å². The summed E-state index contributed by atoms with van der Waals surface area (Å²) in [6.45, 7) is 4.53. The van der Waals surface area contributed by atoms with Crippen LogP contribution >= 0.6 is 11.3 Å². The van der Waals surface area contributed by atoms with Gasteiger partial charge in [-0.1, -0.05) is 32.1 Å². The van der Waals surface area contributed by atoms with Crippen molar-refractivity contribution in [3.05, 3.63) is 52.0 Å². The summed E-state index contributed by atoms with van der Waals surface area (Å²) in [5.41, 5.74) is 8.33. The van der Waals surface area contributed by atoms with E-state index in [0.717, 1.165) is 18.6 Å². The zero-order chi connectivity index (χ0) is 13.7. The zero-order valence-electron chi connectivity index (χ0n) is 11.6. The predicted octanol–water partition coefficient (Wildman–Crippen LogP) is 4.42. The van der Waals surface area contributed by atoms with Crippen molar-refractivity contribution in [2.24, 2.45) is 5.73 Å². The van der Waals surface area contributed by atoms with Crippen LogP contribution in [0.25, 0.3) is 5.57 Å². The van der Waals surface area contributed by atoms with Crippen molar-refractivity contribution in [2.75, 3.05) is 6.54 Å². The molecule has 3 rings (SSSR count). The minimum atomic E-state index is 0.0167. The fourth-order valence-electron chi connectivity index (χ4n) is 2.28. The lowest BCUT2D eigenvalue weighted by molar-refractivity contribution is 0.130. The molecule has 1 aliphatic heterocycles. The second-order valence-corrected chi connectivity index (χ2v) is 5.12. The van der Waals surface area contributed by atoms with Crippen LogP contribution in [0.1, 0.15) is 43.2 Å². The highest BCUT2D eigenvalue weighted by atomic mass is 32.1. The molecule has 0 saturated carbocycles. The van der Waals surface area contributed by atoms with Crippen LogP contribution in [0.3, 0.4) is 0 Å². The Labute approximate surface area is 119 Å². The van der Waals surface area contributed by atoms with Crippen LogP contribution in [0.2, 0.25) is 0 Å². The predicted molar refractivity (Wildman–Crippen MR) is 83.0 cm³/mol. The molecule has 2 N–H and O–H groups in total. The monoisotopic (exact) mass is 275 g/mol. The maximum atomic E-state index is 6.00. The van der Waals surface area contributed by atoms with Gasteiger partial charge in [0.25, 0.3) is 0 Å². The molecule has 1 aromatic heterocycles. The van der Waals surface area contributed by atoms with Gasteiger partial charge in [0.15, 0.2) is 0 Å². The molecule has 1 aromatic rings. The smallest absolute Gasteiger partial charge is 0.137 e. The Bertz CT molecular complexity index is 511. The average molecular weight is 275 g/mol. The van der Waals surface area contributed by atoms with Crippen molar-refractivity contribution in [2.45, 2.75) is 32.8 Å². The second kappa shape index (κ2) is 6.73. The van der Waals surface area contributed by atoms with E-state index in [2.05, 4.69) is 35.8 Å². The minimum Gasteiger partial charge on any atom is -0.484 e. The van der Waals surface area contributed by atoms with Gasteiger partial charge in [-0.3, -0.25) is 0 Å². The Morgan fingerprint density at radius 2 is 2.16 bits per heavy atom. The Morgan fingerprint density at radius 1 is 1.32 bits per heavy atom. The van der Waals surface area contributed by atoms with Gasteiger partial charge in [-0.15, -0.1) is 11.3 Å². The van der Waals surface area contributed by atoms with Crippen molar-refractivity contribution < 1.29 is 4.74 Å². The fraction of sp³-hybridized carbons (Fsp3) is 0.375. The van der Waals surface area contributed by atoms with E-state index in [0.29, 0.717) is 6.54 Å². The topological polar surface area (TPSA) is 35.2 Å². The van der Waals surface area contributed by atoms with Gasteiger partial charge >= 0.3 is 0 Å². The largest absolute Gasteiger partial charge is 0.484 e. The van der Waals surface area contributed by atoms with Gasteiger partial charge in [-0.25, -0.2) is 0 Å². The van der Waals surface area contributed by atoms with E-state index in [4.69, 9.17) is 10.5 Å². The van der Waals surface area contributed by atoms with E-state index >= 15 is 0 Å². The molecule has 3 heteroatoms. The maximum Gasteiger partial charge on any atom is 0.137 e. The number of nitrogens with two attached hydrogens (primary N) is 1. The third-order valence-corrected chi connectivity index (χ3v) is 4.12. The summed E-state index contributed by atoms with van der Waals surface area (Å²) >= 11 is 1.79. The molecule has 0 saturated heterocycles. The molecule has 102 valence electrons. The number of allylic oxidation sites excluding steroid dienone is 5. The molecular formula is C16H21NOS. The lowest BCUT2D eigenvalue weighted by Gasteiger charge is -2.27. The average Bonchev–Trinajstić information content (AvgIpc) is 2.90. The van der Waals surface area contributed by atoms with Crippen LogP contribution in [-0.2, 0) is 4.74 Å². The molecule has 1 aliphatic carbocycles. The van der Waals surface area contributed by atoms with Gasteiger partial charge in [0.05, 0.1) is 0 Å². The van der Waals surface area contributed by atoms with E-state index in [9.17, 15) is 0 Å². The highest BCUT2D eigenvalue weighted by Crippen LogP contribution is 2.41. The molecular weight excluding hydrogens is 254 g/mol. The van der Waals surface area contributed by atoms with Gasteiger partial charge in [0, 0.05) is 22.6 Å². The minimum absolute atomic E-state index is 0.0167. The van der Waals surface area contributed by atoms with Crippen molar-refractivity contribution in [3.8, 4) is 0 Å². The Hall–Kier alpha value is -1.32. The van der Waals surface area contributed by atoms with Gasteiger partial charge in [0.1, 0.15) is 11.9 Å². The van der Waals surface area contributed by atoms with Gasteiger partial charge in [-0.05, 0) is 30.4 Å². The number of hydrogen-bond donors (Lipinski definition) is 1. The Kier molecular flexibility index (Phi) is 5.00. The van der Waals surface area contributed by atoms with Gasteiger partial charge in [0.2, 0.25) is 0 Å². The standard InChI is InChI=1S/C14H15NOS.C2H6/c15-9-13-11-7-8-17-14(11)10-5-3-1-2-4-6-12(10)16-13;1-2/h1,3-4,6-8,13H,2,5,9,15H2;1-2H3/b3-1?,6-4-;. The summed E-state index contributed by atoms with van der Waals surface area (Å²) in [4.78, 5) is 1.35. The maximum absolute atomic E-state index is 6.00. The molecule has 2 aliphatic rings. The number of ether oxygens (including phenoxy) is 1. The van der Waals surface area contributed by atoms with Crippen LogP contribution in [0.5, 0.6) is 0 Å². The van der Waals surface area contributed by atoms with Crippen molar-refractivity contribution in [1.29, 1.82) is 0 Å². The Balaban J connectivity index is 0.000000637. The van der Waals surface area contributed by atoms with Gasteiger partial charge in [-0.2, -0.15) is 0 Å². The van der Waals surface area contributed by atoms with E-state index in [-0.39, 0.29) is 6.10 Å². The summed E-state index contributed by atoms with van der Waals surface area (Å²) in [6.07, 6.45) is 10.6. The highest BCUT2D eigenvalue weighted by molar-refractivity contribution is 7.11. The lowest BCUT2D eigenvalue weighted by atomic mass is 9.97. The highest BCUT2D eigenvalue weighted by Gasteiger charge is 2.26. The van der Waals surface area contributed by atoms with E-state index in [1.165, 1.54) is 16.0 Å². The number of thiophene rings is 1. The summed E-state index contributed by atoms with van der Waals surface area (Å²) in [7, 11) is 0. The first-order valence-corrected chi connectivity index (χ1v) is 7.77.